The number of rotatable bonds is 4. The highest BCUT2D eigenvalue weighted by Gasteiger charge is 2.31. The van der Waals surface area contributed by atoms with E-state index in [0.29, 0.717) is 43.1 Å². The lowest BCUT2D eigenvalue weighted by Gasteiger charge is -2.36. The molecule has 4 rings (SSSR count). The van der Waals surface area contributed by atoms with Crippen molar-refractivity contribution in [3.63, 3.8) is 0 Å². The molecule has 180 valence electrons. The first-order valence-electron chi connectivity index (χ1n) is 10.5. The van der Waals surface area contributed by atoms with Crippen molar-refractivity contribution in [3.8, 4) is 11.3 Å². The number of imidazole rings is 1. The van der Waals surface area contributed by atoms with E-state index in [4.69, 9.17) is 0 Å². The standard InChI is InChI=1S/C23H23F3N4O3S/c1-28-14-21(27-15-28)19-8-7-18(34(2,32)33)13-20(19)22(31)30-11-9-29(10-12-30)17-5-3-16(4-6-17)23(24,25)26/h3-8,13-15H,9-12H2,1-2H3. The lowest BCUT2D eigenvalue weighted by molar-refractivity contribution is -0.137. The zero-order valence-electron chi connectivity index (χ0n) is 18.6. The Kier molecular flexibility index (Phi) is 6.15. The Hall–Kier alpha value is -3.34. The van der Waals surface area contributed by atoms with E-state index in [1.807, 2.05) is 4.90 Å². The lowest BCUT2D eigenvalue weighted by Crippen LogP contribution is -2.49. The summed E-state index contributed by atoms with van der Waals surface area (Å²) in [5.41, 5.74) is 1.26. The monoisotopic (exact) mass is 492 g/mol. The van der Waals surface area contributed by atoms with Crippen molar-refractivity contribution in [2.24, 2.45) is 7.05 Å². The third kappa shape index (κ3) is 4.93. The van der Waals surface area contributed by atoms with Gasteiger partial charge in [-0.3, -0.25) is 4.79 Å². The average molecular weight is 493 g/mol. The second-order valence-electron chi connectivity index (χ2n) is 8.23. The number of hydrogen-bond donors (Lipinski definition) is 0. The molecule has 0 spiro atoms. The second kappa shape index (κ2) is 8.79. The first-order valence-corrected chi connectivity index (χ1v) is 12.4. The number of piperazine rings is 1. The number of aromatic nitrogens is 2. The minimum absolute atomic E-state index is 0.0407. The van der Waals surface area contributed by atoms with Crippen LogP contribution in [0.2, 0.25) is 0 Å². The lowest BCUT2D eigenvalue weighted by atomic mass is 10.0. The molecule has 0 bridgehead atoms. The molecule has 0 aliphatic carbocycles. The predicted molar refractivity (Wildman–Crippen MR) is 121 cm³/mol. The summed E-state index contributed by atoms with van der Waals surface area (Å²) in [5.74, 6) is -0.321. The van der Waals surface area contributed by atoms with E-state index in [1.165, 1.54) is 24.3 Å². The number of alkyl halides is 3. The Morgan fingerprint density at radius 2 is 1.65 bits per heavy atom. The highest BCUT2D eigenvalue weighted by atomic mass is 32.2. The number of benzene rings is 2. The van der Waals surface area contributed by atoms with E-state index in [9.17, 15) is 26.4 Å². The molecule has 1 aromatic heterocycles. The molecule has 0 N–H and O–H groups in total. The van der Waals surface area contributed by atoms with Gasteiger partial charge >= 0.3 is 6.18 Å². The summed E-state index contributed by atoms with van der Waals surface area (Å²) in [6.07, 6.45) is 0.0288. The van der Waals surface area contributed by atoms with Crippen LogP contribution in [0.3, 0.4) is 0 Å². The number of aryl methyl sites for hydroxylation is 1. The van der Waals surface area contributed by atoms with Gasteiger partial charge < -0.3 is 14.4 Å². The summed E-state index contributed by atoms with van der Waals surface area (Å²) >= 11 is 0. The molecule has 1 aliphatic rings. The highest BCUT2D eigenvalue weighted by molar-refractivity contribution is 7.90. The average Bonchev–Trinajstić information content (AvgIpc) is 3.23. The van der Waals surface area contributed by atoms with Gasteiger partial charge in [0.25, 0.3) is 5.91 Å². The first-order chi connectivity index (χ1) is 15.9. The Balaban J connectivity index is 1.55. The number of carbonyl (C=O) groups excluding carboxylic acids is 1. The molecule has 1 amide bonds. The fourth-order valence-corrected chi connectivity index (χ4v) is 4.55. The summed E-state index contributed by atoms with van der Waals surface area (Å²) in [5, 5.41) is 0. The van der Waals surface area contributed by atoms with E-state index in [0.717, 1.165) is 18.4 Å². The van der Waals surface area contributed by atoms with Gasteiger partial charge in [-0.15, -0.1) is 0 Å². The summed E-state index contributed by atoms with van der Waals surface area (Å²) in [6, 6.07) is 9.36. The van der Waals surface area contributed by atoms with Crippen molar-refractivity contribution in [2.45, 2.75) is 11.1 Å². The summed E-state index contributed by atoms with van der Waals surface area (Å²) in [6.45, 7) is 1.54. The molecule has 7 nitrogen and oxygen atoms in total. The number of halogens is 3. The molecule has 1 saturated heterocycles. The van der Waals surface area contributed by atoms with E-state index in [2.05, 4.69) is 4.98 Å². The predicted octanol–water partition coefficient (Wildman–Crippen LogP) is 3.47. The molecule has 0 atom stereocenters. The zero-order chi connectivity index (χ0) is 24.7. The Morgan fingerprint density at radius 1 is 1.00 bits per heavy atom. The normalized spacial score (nSPS) is 15.0. The summed E-state index contributed by atoms with van der Waals surface area (Å²) in [7, 11) is -1.73. The van der Waals surface area contributed by atoms with Crippen LogP contribution in [0.5, 0.6) is 0 Å². The van der Waals surface area contributed by atoms with Gasteiger partial charge in [0.05, 0.1) is 28.0 Å². The Morgan fingerprint density at radius 3 is 2.18 bits per heavy atom. The van der Waals surface area contributed by atoms with Crippen molar-refractivity contribution in [1.29, 1.82) is 0 Å². The van der Waals surface area contributed by atoms with Gasteiger partial charge in [0.15, 0.2) is 9.84 Å². The van der Waals surface area contributed by atoms with Crippen molar-refractivity contribution in [2.75, 3.05) is 37.3 Å². The number of amides is 1. The maximum absolute atomic E-state index is 13.4. The Bertz CT molecular complexity index is 1310. The molecule has 0 saturated carbocycles. The van der Waals surface area contributed by atoms with Crippen LogP contribution in [0.25, 0.3) is 11.3 Å². The van der Waals surface area contributed by atoms with Crippen molar-refractivity contribution in [1.82, 2.24) is 14.5 Å². The van der Waals surface area contributed by atoms with Gasteiger partial charge in [0, 0.05) is 56.9 Å². The minimum atomic E-state index is -4.39. The van der Waals surface area contributed by atoms with Crippen LogP contribution in [0.15, 0.2) is 59.9 Å². The van der Waals surface area contributed by atoms with Gasteiger partial charge in [-0.25, -0.2) is 13.4 Å². The molecule has 0 radical (unpaired) electrons. The summed E-state index contributed by atoms with van der Waals surface area (Å²) in [4.78, 5) is 21.3. The van der Waals surface area contributed by atoms with Crippen molar-refractivity contribution in [3.05, 3.63) is 66.1 Å². The fourth-order valence-electron chi connectivity index (χ4n) is 3.91. The number of nitrogens with zero attached hydrogens (tertiary/aromatic N) is 4. The molecule has 34 heavy (non-hydrogen) atoms. The van der Waals surface area contributed by atoms with Crippen molar-refractivity contribution >= 4 is 21.4 Å². The van der Waals surface area contributed by atoms with Crippen LogP contribution >= 0.6 is 0 Å². The Labute approximate surface area is 195 Å². The molecule has 0 unspecified atom stereocenters. The third-order valence-corrected chi connectivity index (χ3v) is 6.87. The van der Waals surface area contributed by atoms with Crippen LogP contribution < -0.4 is 4.90 Å². The van der Waals surface area contributed by atoms with Gasteiger partial charge in [-0.2, -0.15) is 13.2 Å². The van der Waals surface area contributed by atoms with Crippen LogP contribution in [-0.4, -0.2) is 61.2 Å². The molecule has 2 aromatic carbocycles. The molecule has 1 fully saturated rings. The van der Waals surface area contributed by atoms with Gasteiger partial charge in [0.1, 0.15) is 0 Å². The zero-order valence-corrected chi connectivity index (χ0v) is 19.4. The van der Waals surface area contributed by atoms with Crippen LogP contribution in [0.1, 0.15) is 15.9 Å². The number of carbonyl (C=O) groups is 1. The van der Waals surface area contributed by atoms with E-state index in [1.54, 1.807) is 35.1 Å². The number of anilines is 1. The smallest absolute Gasteiger partial charge is 0.368 e. The maximum Gasteiger partial charge on any atom is 0.416 e. The third-order valence-electron chi connectivity index (χ3n) is 5.76. The van der Waals surface area contributed by atoms with Crippen LogP contribution in [0.4, 0.5) is 18.9 Å². The fraction of sp³-hybridized carbons (Fsp3) is 0.304. The topological polar surface area (TPSA) is 75.5 Å². The van der Waals surface area contributed by atoms with Crippen molar-refractivity contribution < 1.29 is 26.4 Å². The molecule has 3 aromatic rings. The molecule has 2 heterocycles. The number of hydrogen-bond acceptors (Lipinski definition) is 5. The summed E-state index contributed by atoms with van der Waals surface area (Å²) < 4.78 is 64.4. The van der Waals surface area contributed by atoms with Gasteiger partial charge in [-0.05, 0) is 36.4 Å². The molecule has 11 heteroatoms. The van der Waals surface area contributed by atoms with Crippen LogP contribution in [-0.2, 0) is 23.1 Å². The minimum Gasteiger partial charge on any atom is -0.368 e. The SMILES string of the molecule is Cn1cnc(-c2ccc(S(C)(=O)=O)cc2C(=O)N2CCN(c3ccc(C(F)(F)F)cc3)CC2)c1. The maximum atomic E-state index is 13.4. The van der Waals surface area contributed by atoms with E-state index in [-0.39, 0.29) is 16.4 Å². The van der Waals surface area contributed by atoms with Gasteiger partial charge in [0.2, 0.25) is 0 Å². The number of sulfone groups is 1. The quantitative estimate of drug-likeness (QED) is 0.558. The largest absolute Gasteiger partial charge is 0.416 e. The highest BCUT2D eigenvalue weighted by Crippen LogP contribution is 2.31. The molecular formula is C23H23F3N4O3S. The van der Waals surface area contributed by atoms with Gasteiger partial charge in [-0.1, -0.05) is 6.07 Å². The van der Waals surface area contributed by atoms with E-state index >= 15 is 0 Å². The molecule has 1 aliphatic heterocycles. The van der Waals surface area contributed by atoms with Crippen LogP contribution in [0, 0.1) is 0 Å². The van der Waals surface area contributed by atoms with E-state index < -0.39 is 21.6 Å². The second-order valence-corrected chi connectivity index (χ2v) is 10.2. The molecular weight excluding hydrogens is 469 g/mol. The first kappa shape index (κ1) is 23.8.